The summed E-state index contributed by atoms with van der Waals surface area (Å²) in [5, 5.41) is 10.3. The number of nitrogens with one attached hydrogen (secondary N) is 2. The molecular weight excluding hydrogens is 414 g/mol. The van der Waals surface area contributed by atoms with Crippen LogP contribution in [0.15, 0.2) is 0 Å². The summed E-state index contributed by atoms with van der Waals surface area (Å²) < 4.78 is 0. The minimum Gasteiger partial charge on any atom is -0.340 e. The second-order valence-corrected chi connectivity index (χ2v) is 8.96. The molecule has 3 heterocycles. The number of piperidine rings is 2. The minimum atomic E-state index is -0.695. The van der Waals surface area contributed by atoms with Crippen LogP contribution in [-0.2, 0) is 14.4 Å². The number of amides is 4. The van der Waals surface area contributed by atoms with Crippen molar-refractivity contribution in [1.82, 2.24) is 35.5 Å². The molecule has 0 spiro atoms. The van der Waals surface area contributed by atoms with Gasteiger partial charge in [0.2, 0.25) is 5.91 Å². The van der Waals surface area contributed by atoms with E-state index in [1.165, 1.54) is 17.9 Å². The van der Waals surface area contributed by atoms with Crippen LogP contribution in [0.3, 0.4) is 0 Å². The molecule has 3 saturated heterocycles. The Kier molecular flexibility index (Phi) is 8.83. The van der Waals surface area contributed by atoms with Gasteiger partial charge in [0.1, 0.15) is 6.04 Å². The number of nitrogens with zero attached hydrogens (tertiary/aromatic N) is 5. The summed E-state index contributed by atoms with van der Waals surface area (Å²) >= 11 is 0. The molecule has 3 aliphatic rings. The Morgan fingerprint density at radius 2 is 1.81 bits per heavy atom. The molecule has 4 amide bonds. The van der Waals surface area contributed by atoms with Crippen molar-refractivity contribution in [3.05, 3.63) is 0 Å². The molecule has 0 aromatic rings. The summed E-state index contributed by atoms with van der Waals surface area (Å²) in [6.45, 7) is 8.95. The number of imide groups is 1. The maximum Gasteiger partial charge on any atom is 0.332 e. The molecule has 3 rings (SSSR count). The summed E-state index contributed by atoms with van der Waals surface area (Å²) in [5.41, 5.74) is 0. The van der Waals surface area contributed by atoms with Gasteiger partial charge in [-0.25, -0.2) is 14.8 Å². The zero-order valence-corrected chi connectivity index (χ0v) is 19.9. The Bertz CT molecular complexity index is 663. The van der Waals surface area contributed by atoms with Crippen LogP contribution in [0, 0.1) is 5.92 Å². The normalized spacial score (nSPS) is 25.6. The van der Waals surface area contributed by atoms with Gasteiger partial charge in [0.15, 0.2) is 0 Å². The van der Waals surface area contributed by atoms with E-state index in [0.717, 1.165) is 45.8 Å². The molecule has 2 N–H and O–H groups in total. The van der Waals surface area contributed by atoms with Crippen molar-refractivity contribution >= 4 is 17.8 Å². The molecule has 11 heteroatoms. The number of piperazine rings is 1. The van der Waals surface area contributed by atoms with E-state index in [-0.39, 0.29) is 24.5 Å². The Labute approximate surface area is 190 Å². The first-order valence-electron chi connectivity index (χ1n) is 11.7. The molecule has 2 unspecified atom stereocenters. The number of carbonyl (C=O) groups excluding carboxylic acids is 3. The molecule has 0 bridgehead atoms. The first kappa shape index (κ1) is 24.8. The van der Waals surface area contributed by atoms with Crippen LogP contribution in [-0.4, -0.2) is 122 Å². The van der Waals surface area contributed by atoms with Gasteiger partial charge in [0.05, 0.1) is 13.3 Å². The monoisotopic (exact) mass is 453 g/mol. The standard InChI is InChI=1S/C21H39N7O4/c1-16(24(3)28(21(31)22-2)18-5-6-19(29)23-20(18)30)26-13-11-25(12-14-26)15-17-7-9-27(32-4)10-8-17/h16-18H,5-15H2,1-4H3,(H,22,31)(H,23,29,30). The van der Waals surface area contributed by atoms with Gasteiger partial charge in [-0.15, -0.1) is 0 Å². The smallest absolute Gasteiger partial charge is 0.332 e. The Hall–Kier alpha value is -1.79. The lowest BCUT2D eigenvalue weighted by Crippen LogP contribution is -2.65. The van der Waals surface area contributed by atoms with Crippen LogP contribution in [0.4, 0.5) is 4.79 Å². The second-order valence-electron chi connectivity index (χ2n) is 8.96. The van der Waals surface area contributed by atoms with E-state index < -0.39 is 11.9 Å². The fraction of sp³-hybridized carbons (Fsp3) is 0.857. The molecular formula is C21H39N7O4. The SMILES string of the molecule is CNC(=O)N(C1CCC(=O)NC1=O)N(C)C(C)N1CCN(CC2CCN(OC)CC2)CC1. The van der Waals surface area contributed by atoms with Crippen molar-refractivity contribution in [2.24, 2.45) is 5.92 Å². The van der Waals surface area contributed by atoms with Crippen LogP contribution in [0.25, 0.3) is 0 Å². The minimum absolute atomic E-state index is 0.0650. The van der Waals surface area contributed by atoms with Crippen molar-refractivity contribution in [2.45, 2.75) is 44.8 Å². The van der Waals surface area contributed by atoms with Gasteiger partial charge in [-0.3, -0.25) is 19.8 Å². The third kappa shape index (κ3) is 5.96. The van der Waals surface area contributed by atoms with E-state index in [4.69, 9.17) is 4.84 Å². The van der Waals surface area contributed by atoms with Crippen molar-refractivity contribution < 1.29 is 19.2 Å². The number of hydrazine groups is 1. The lowest BCUT2D eigenvalue weighted by atomic mass is 9.97. The molecule has 0 aromatic heterocycles. The summed E-state index contributed by atoms with van der Waals surface area (Å²) in [4.78, 5) is 46.8. The third-order valence-electron chi connectivity index (χ3n) is 7.09. The summed E-state index contributed by atoms with van der Waals surface area (Å²) in [6.07, 6.45) is 2.82. The predicted molar refractivity (Wildman–Crippen MR) is 119 cm³/mol. The van der Waals surface area contributed by atoms with E-state index in [0.29, 0.717) is 12.3 Å². The van der Waals surface area contributed by atoms with Crippen LogP contribution in [0.5, 0.6) is 0 Å². The van der Waals surface area contributed by atoms with E-state index in [9.17, 15) is 14.4 Å². The summed E-state index contributed by atoms with van der Waals surface area (Å²) in [7, 11) is 5.12. The van der Waals surface area contributed by atoms with Crippen LogP contribution in [0.1, 0.15) is 32.6 Å². The maximum absolute atomic E-state index is 12.7. The fourth-order valence-corrected chi connectivity index (χ4v) is 4.91. The maximum atomic E-state index is 12.7. The van der Waals surface area contributed by atoms with E-state index >= 15 is 0 Å². The molecule has 3 aliphatic heterocycles. The molecule has 0 radical (unpaired) electrons. The zero-order valence-electron chi connectivity index (χ0n) is 19.9. The number of carbonyl (C=O) groups is 3. The van der Waals surface area contributed by atoms with Gasteiger partial charge < -0.3 is 15.1 Å². The lowest BCUT2D eigenvalue weighted by Gasteiger charge is -2.47. The first-order chi connectivity index (χ1) is 15.3. The Morgan fingerprint density at radius 1 is 1.16 bits per heavy atom. The van der Waals surface area contributed by atoms with E-state index in [1.54, 1.807) is 14.2 Å². The zero-order chi connectivity index (χ0) is 23.3. The van der Waals surface area contributed by atoms with Gasteiger partial charge in [-0.05, 0) is 32.1 Å². The number of urea groups is 1. The highest BCUT2D eigenvalue weighted by atomic mass is 16.7. The van der Waals surface area contributed by atoms with Gasteiger partial charge >= 0.3 is 6.03 Å². The van der Waals surface area contributed by atoms with E-state index in [2.05, 4.69) is 27.4 Å². The largest absolute Gasteiger partial charge is 0.340 e. The van der Waals surface area contributed by atoms with Crippen molar-refractivity contribution in [3.8, 4) is 0 Å². The van der Waals surface area contributed by atoms with Crippen LogP contribution < -0.4 is 10.6 Å². The highest BCUT2D eigenvalue weighted by Gasteiger charge is 2.39. The molecule has 0 saturated carbocycles. The van der Waals surface area contributed by atoms with E-state index in [1.807, 2.05) is 17.1 Å². The summed E-state index contributed by atoms with van der Waals surface area (Å²) in [6, 6.07) is -1.05. The van der Waals surface area contributed by atoms with Crippen LogP contribution >= 0.6 is 0 Å². The van der Waals surface area contributed by atoms with Crippen molar-refractivity contribution in [2.75, 3.05) is 67.0 Å². The predicted octanol–water partition coefficient (Wildman–Crippen LogP) is -0.483. The number of hydroxylamine groups is 2. The fourth-order valence-electron chi connectivity index (χ4n) is 4.91. The lowest BCUT2D eigenvalue weighted by molar-refractivity contribution is -0.150. The van der Waals surface area contributed by atoms with Crippen molar-refractivity contribution in [3.63, 3.8) is 0 Å². The molecule has 32 heavy (non-hydrogen) atoms. The molecule has 11 nitrogen and oxygen atoms in total. The molecule has 182 valence electrons. The third-order valence-corrected chi connectivity index (χ3v) is 7.09. The van der Waals surface area contributed by atoms with Gasteiger partial charge in [0.25, 0.3) is 5.91 Å². The Morgan fingerprint density at radius 3 is 2.38 bits per heavy atom. The topological polar surface area (TPSA) is 101 Å². The summed E-state index contributed by atoms with van der Waals surface area (Å²) in [5.74, 6) is 0.000349. The van der Waals surface area contributed by atoms with Gasteiger partial charge in [0, 0.05) is 66.3 Å². The quantitative estimate of drug-likeness (QED) is 0.394. The first-order valence-corrected chi connectivity index (χ1v) is 11.7. The molecule has 2 atom stereocenters. The Balaban J connectivity index is 1.53. The molecule has 0 aromatic carbocycles. The molecule has 3 fully saturated rings. The van der Waals surface area contributed by atoms with Crippen LogP contribution in [0.2, 0.25) is 0 Å². The number of hydrogen-bond acceptors (Lipinski definition) is 8. The molecule has 0 aliphatic carbocycles. The van der Waals surface area contributed by atoms with Crippen molar-refractivity contribution in [1.29, 1.82) is 0 Å². The highest BCUT2D eigenvalue weighted by Crippen LogP contribution is 2.21. The number of hydrogen-bond donors (Lipinski definition) is 2. The van der Waals surface area contributed by atoms with Gasteiger partial charge in [-0.1, -0.05) is 0 Å². The average Bonchev–Trinajstić information content (AvgIpc) is 2.80. The average molecular weight is 454 g/mol. The van der Waals surface area contributed by atoms with Gasteiger partial charge in [-0.2, -0.15) is 5.06 Å². The number of rotatable bonds is 7. The highest BCUT2D eigenvalue weighted by molar-refractivity contribution is 6.01. The second kappa shape index (κ2) is 11.4.